The van der Waals surface area contributed by atoms with Gasteiger partial charge in [-0.05, 0) is 6.07 Å². The van der Waals surface area contributed by atoms with Crippen molar-refractivity contribution in [3.05, 3.63) is 33.5 Å². The maximum absolute atomic E-state index is 10.5. The highest BCUT2D eigenvalue weighted by Gasteiger charge is 2.13. The van der Waals surface area contributed by atoms with Crippen LogP contribution in [0.1, 0.15) is 0 Å². The minimum absolute atomic E-state index is 0.0153. The number of alkyl halides is 1. The van der Waals surface area contributed by atoms with E-state index in [-0.39, 0.29) is 16.8 Å². The van der Waals surface area contributed by atoms with Crippen LogP contribution >= 0.6 is 23.2 Å². The average molecular weight is 246 g/mol. The number of benzene rings is 1. The van der Waals surface area contributed by atoms with Gasteiger partial charge < -0.3 is 0 Å². The summed E-state index contributed by atoms with van der Waals surface area (Å²) < 4.78 is 1.48. The molecule has 0 fully saturated rings. The fraction of sp³-hybridized carbons (Fsp3) is 0.125. The number of hydrogen-bond acceptors (Lipinski definition) is 3. The van der Waals surface area contributed by atoms with E-state index in [9.17, 15) is 10.1 Å². The Kier molecular flexibility index (Phi) is 2.50. The smallest absolute Gasteiger partial charge is 0.258 e. The third-order valence-electron chi connectivity index (χ3n) is 2.01. The lowest BCUT2D eigenvalue weighted by Gasteiger charge is -1.95. The quantitative estimate of drug-likeness (QED) is 0.465. The van der Waals surface area contributed by atoms with Gasteiger partial charge in [0.05, 0.1) is 10.4 Å². The first kappa shape index (κ1) is 10.2. The number of rotatable bonds is 2. The zero-order valence-corrected chi connectivity index (χ0v) is 8.87. The van der Waals surface area contributed by atoms with Crippen LogP contribution in [0.15, 0.2) is 18.2 Å². The highest BCUT2D eigenvalue weighted by atomic mass is 35.5. The fourth-order valence-electron chi connectivity index (χ4n) is 1.33. The molecule has 0 aliphatic carbocycles. The van der Waals surface area contributed by atoms with Gasteiger partial charge >= 0.3 is 0 Å². The Balaban J connectivity index is 2.72. The van der Waals surface area contributed by atoms with E-state index in [1.165, 1.54) is 16.8 Å². The summed E-state index contributed by atoms with van der Waals surface area (Å²) in [7, 11) is 0. The second-order valence-electron chi connectivity index (χ2n) is 2.87. The van der Waals surface area contributed by atoms with Crippen molar-refractivity contribution in [2.75, 3.05) is 0 Å². The van der Waals surface area contributed by atoms with Gasteiger partial charge in [-0.2, -0.15) is 5.10 Å². The molecule has 0 amide bonds. The number of nitrogens with zero attached hydrogens (tertiary/aromatic N) is 3. The zero-order chi connectivity index (χ0) is 11.0. The van der Waals surface area contributed by atoms with E-state index < -0.39 is 4.92 Å². The molecule has 0 atom stereocenters. The number of aromatic nitrogens is 2. The molecule has 2 aromatic rings. The Bertz CT molecular complexity index is 538. The molecule has 0 N–H and O–H groups in total. The van der Waals surface area contributed by atoms with Crippen LogP contribution in [0.2, 0.25) is 5.15 Å². The van der Waals surface area contributed by atoms with Crippen LogP contribution in [0.5, 0.6) is 0 Å². The van der Waals surface area contributed by atoms with Gasteiger partial charge in [0.2, 0.25) is 0 Å². The molecule has 0 aliphatic heterocycles. The third kappa shape index (κ3) is 1.64. The number of fused-ring (bicyclic) bond motifs is 1. The number of hydrogen-bond donors (Lipinski definition) is 0. The highest BCUT2D eigenvalue weighted by Crippen LogP contribution is 2.27. The maximum Gasteiger partial charge on any atom is 0.270 e. The van der Waals surface area contributed by atoms with E-state index in [0.29, 0.717) is 10.9 Å². The Morgan fingerprint density at radius 3 is 2.87 bits per heavy atom. The number of non-ortho nitro benzene ring substituents is 1. The van der Waals surface area contributed by atoms with Gasteiger partial charge in [-0.1, -0.05) is 11.6 Å². The first-order valence-electron chi connectivity index (χ1n) is 4.00. The standard InChI is InChI=1S/C8H5Cl2N3O2/c9-4-12-7-2-1-5(13(14)15)3-6(7)8(10)11-12/h1-3H,4H2. The molecule has 0 bridgehead atoms. The molecule has 1 aromatic heterocycles. The molecule has 0 saturated carbocycles. The first-order valence-corrected chi connectivity index (χ1v) is 4.91. The Morgan fingerprint density at radius 2 is 2.27 bits per heavy atom. The summed E-state index contributed by atoms with van der Waals surface area (Å²) in [5.74, 6) is 0. The number of halogens is 2. The molecule has 5 nitrogen and oxygen atoms in total. The van der Waals surface area contributed by atoms with Gasteiger partial charge in [0.1, 0.15) is 6.00 Å². The summed E-state index contributed by atoms with van der Waals surface area (Å²) >= 11 is 11.4. The lowest BCUT2D eigenvalue weighted by Crippen LogP contribution is -1.93. The molecule has 0 unspecified atom stereocenters. The zero-order valence-electron chi connectivity index (χ0n) is 7.35. The lowest BCUT2D eigenvalue weighted by molar-refractivity contribution is -0.384. The van der Waals surface area contributed by atoms with Crippen LogP contribution in [-0.2, 0) is 6.00 Å². The van der Waals surface area contributed by atoms with E-state index in [2.05, 4.69) is 5.10 Å². The van der Waals surface area contributed by atoms with Crippen LogP contribution in [0.4, 0.5) is 5.69 Å². The van der Waals surface area contributed by atoms with Crippen molar-refractivity contribution < 1.29 is 4.92 Å². The van der Waals surface area contributed by atoms with E-state index in [4.69, 9.17) is 23.2 Å². The van der Waals surface area contributed by atoms with Gasteiger partial charge in [0.15, 0.2) is 5.15 Å². The predicted octanol–water partition coefficient (Wildman–Crippen LogP) is 2.79. The predicted molar refractivity (Wildman–Crippen MR) is 57.3 cm³/mol. The molecule has 1 heterocycles. The van der Waals surface area contributed by atoms with Gasteiger partial charge in [-0.3, -0.25) is 10.1 Å². The van der Waals surface area contributed by atoms with Crippen LogP contribution < -0.4 is 0 Å². The van der Waals surface area contributed by atoms with Crippen molar-refractivity contribution in [3.63, 3.8) is 0 Å². The molecule has 78 valence electrons. The van der Waals surface area contributed by atoms with Gasteiger partial charge in [0, 0.05) is 17.5 Å². The molecular weight excluding hydrogens is 241 g/mol. The Morgan fingerprint density at radius 1 is 1.53 bits per heavy atom. The molecule has 0 aliphatic rings. The van der Waals surface area contributed by atoms with Gasteiger partial charge in [-0.25, -0.2) is 4.68 Å². The van der Waals surface area contributed by atoms with E-state index >= 15 is 0 Å². The second kappa shape index (κ2) is 3.67. The largest absolute Gasteiger partial charge is 0.270 e. The highest BCUT2D eigenvalue weighted by molar-refractivity contribution is 6.34. The van der Waals surface area contributed by atoms with Crippen LogP contribution in [0, 0.1) is 10.1 Å². The van der Waals surface area contributed by atoms with Crippen molar-refractivity contribution in [1.82, 2.24) is 9.78 Å². The molecular formula is C8H5Cl2N3O2. The summed E-state index contributed by atoms with van der Waals surface area (Å²) in [6.07, 6.45) is 0. The van der Waals surface area contributed by atoms with Crippen molar-refractivity contribution in [2.24, 2.45) is 0 Å². The molecule has 15 heavy (non-hydrogen) atoms. The minimum Gasteiger partial charge on any atom is -0.258 e. The topological polar surface area (TPSA) is 61.0 Å². The van der Waals surface area contributed by atoms with E-state index in [0.717, 1.165) is 0 Å². The van der Waals surface area contributed by atoms with Crippen molar-refractivity contribution >= 4 is 39.8 Å². The lowest BCUT2D eigenvalue weighted by atomic mass is 10.2. The van der Waals surface area contributed by atoms with E-state index in [1.807, 2.05) is 0 Å². The summed E-state index contributed by atoms with van der Waals surface area (Å²) in [6, 6.07) is 4.51. The van der Waals surface area contributed by atoms with Crippen LogP contribution in [-0.4, -0.2) is 14.7 Å². The molecule has 0 spiro atoms. The van der Waals surface area contributed by atoms with Crippen molar-refractivity contribution in [3.8, 4) is 0 Å². The molecule has 7 heteroatoms. The maximum atomic E-state index is 10.5. The normalized spacial score (nSPS) is 10.8. The average Bonchev–Trinajstić information content (AvgIpc) is 2.55. The fourth-order valence-corrected chi connectivity index (χ4v) is 1.76. The molecule has 0 saturated heterocycles. The van der Waals surface area contributed by atoms with Crippen molar-refractivity contribution in [2.45, 2.75) is 6.00 Å². The summed E-state index contributed by atoms with van der Waals surface area (Å²) in [5, 5.41) is 15.2. The third-order valence-corrected chi connectivity index (χ3v) is 2.52. The second-order valence-corrected chi connectivity index (χ2v) is 3.47. The summed E-state index contributed by atoms with van der Waals surface area (Å²) in [6.45, 7) is 0. The van der Waals surface area contributed by atoms with E-state index in [1.54, 1.807) is 6.07 Å². The van der Waals surface area contributed by atoms with Crippen LogP contribution in [0.3, 0.4) is 0 Å². The summed E-state index contributed by atoms with van der Waals surface area (Å²) in [4.78, 5) is 10.1. The van der Waals surface area contributed by atoms with Gasteiger partial charge in [-0.15, -0.1) is 11.6 Å². The first-order chi connectivity index (χ1) is 7.13. The summed E-state index contributed by atoms with van der Waals surface area (Å²) in [5.41, 5.74) is 0.666. The monoisotopic (exact) mass is 245 g/mol. The molecule has 0 radical (unpaired) electrons. The Labute approximate surface area is 94.3 Å². The Hall–Kier alpha value is -1.33. The SMILES string of the molecule is O=[N+]([O-])c1ccc2c(c1)c(Cl)nn2CCl. The molecule has 2 rings (SSSR count). The minimum atomic E-state index is -0.478. The number of nitro groups is 1. The van der Waals surface area contributed by atoms with Gasteiger partial charge in [0.25, 0.3) is 5.69 Å². The molecule has 1 aromatic carbocycles. The van der Waals surface area contributed by atoms with Crippen LogP contribution in [0.25, 0.3) is 10.9 Å². The van der Waals surface area contributed by atoms with Crippen molar-refractivity contribution in [1.29, 1.82) is 0 Å². The number of nitro benzene ring substituents is 1.